The molecule has 8 nitrogen and oxygen atoms in total. The van der Waals surface area contributed by atoms with Crippen molar-refractivity contribution >= 4 is 22.5 Å². The van der Waals surface area contributed by atoms with Gasteiger partial charge in [0, 0.05) is 18.2 Å². The van der Waals surface area contributed by atoms with Crippen LogP contribution in [0.25, 0.3) is 10.9 Å². The van der Waals surface area contributed by atoms with Crippen LogP contribution in [0.1, 0.15) is 20.8 Å². The second-order valence-corrected chi connectivity index (χ2v) is 5.74. The molecule has 1 aromatic carbocycles. The molecule has 0 saturated heterocycles. The van der Waals surface area contributed by atoms with Crippen LogP contribution in [0.5, 0.6) is 0 Å². The van der Waals surface area contributed by atoms with Gasteiger partial charge >= 0.3 is 0 Å². The van der Waals surface area contributed by atoms with E-state index in [0.29, 0.717) is 0 Å². The minimum Gasteiger partial charge on any atom is -0.352 e. The lowest BCUT2D eigenvalue weighted by Crippen LogP contribution is -2.39. The van der Waals surface area contributed by atoms with Crippen molar-refractivity contribution in [2.75, 3.05) is 0 Å². The summed E-state index contributed by atoms with van der Waals surface area (Å²) in [4.78, 5) is 38.5. The maximum absolute atomic E-state index is 12.3. The van der Waals surface area contributed by atoms with Crippen LogP contribution in [0.4, 0.5) is 5.69 Å². The third-order valence-corrected chi connectivity index (χ3v) is 3.72. The van der Waals surface area contributed by atoms with Crippen molar-refractivity contribution in [3.63, 3.8) is 0 Å². The zero-order valence-electron chi connectivity index (χ0n) is 13.1. The molecule has 0 aliphatic heterocycles. The summed E-state index contributed by atoms with van der Waals surface area (Å²) in [5.74, 6) is 0.00214. The van der Waals surface area contributed by atoms with Gasteiger partial charge in [-0.05, 0) is 18.9 Å². The average molecular weight is 318 g/mol. The third kappa shape index (κ3) is 3.71. The van der Waals surface area contributed by atoms with Gasteiger partial charge in [-0.15, -0.1) is 0 Å². The van der Waals surface area contributed by atoms with E-state index in [9.17, 15) is 19.7 Å². The van der Waals surface area contributed by atoms with E-state index in [1.54, 1.807) is 0 Å². The second kappa shape index (κ2) is 6.55. The number of nitro benzene ring substituents is 1. The molecule has 8 heteroatoms. The van der Waals surface area contributed by atoms with Gasteiger partial charge in [0.15, 0.2) is 0 Å². The van der Waals surface area contributed by atoms with Crippen molar-refractivity contribution in [2.24, 2.45) is 5.92 Å². The lowest BCUT2D eigenvalue weighted by atomic mass is 10.1. The summed E-state index contributed by atoms with van der Waals surface area (Å²) in [6.45, 7) is 5.72. The fraction of sp³-hybridized carbons (Fsp3) is 0.400. The Labute approximate surface area is 132 Å². The fourth-order valence-corrected chi connectivity index (χ4v) is 1.99. The number of aromatic nitrogens is 2. The number of nitro groups is 1. The van der Waals surface area contributed by atoms with E-state index in [2.05, 4.69) is 10.3 Å². The van der Waals surface area contributed by atoms with E-state index >= 15 is 0 Å². The maximum atomic E-state index is 12.3. The zero-order chi connectivity index (χ0) is 17.1. The van der Waals surface area contributed by atoms with Crippen molar-refractivity contribution in [3.05, 3.63) is 45.0 Å². The number of carbonyl (C=O) groups is 1. The molecule has 0 saturated carbocycles. The average Bonchev–Trinajstić information content (AvgIpc) is 2.49. The van der Waals surface area contributed by atoms with E-state index in [-0.39, 0.29) is 41.0 Å². The van der Waals surface area contributed by atoms with Crippen LogP contribution in [0.15, 0.2) is 29.3 Å². The molecule has 0 fully saturated rings. The Balaban J connectivity index is 2.28. The molecule has 0 bridgehead atoms. The molecular weight excluding hydrogens is 300 g/mol. The molecule has 23 heavy (non-hydrogen) atoms. The highest BCUT2D eigenvalue weighted by Gasteiger charge is 2.14. The van der Waals surface area contributed by atoms with Crippen LogP contribution in [0.2, 0.25) is 0 Å². The van der Waals surface area contributed by atoms with Crippen LogP contribution in [-0.2, 0) is 11.3 Å². The molecule has 1 aromatic heterocycles. The predicted octanol–water partition coefficient (Wildman–Crippen LogP) is 1.47. The first kappa shape index (κ1) is 16.6. The summed E-state index contributed by atoms with van der Waals surface area (Å²) in [5.41, 5.74) is -0.306. The Kier molecular flexibility index (Phi) is 4.73. The molecule has 0 unspecified atom stereocenters. The van der Waals surface area contributed by atoms with Crippen molar-refractivity contribution in [1.82, 2.24) is 14.9 Å². The Morgan fingerprint density at radius 1 is 1.39 bits per heavy atom. The van der Waals surface area contributed by atoms with Crippen molar-refractivity contribution < 1.29 is 9.72 Å². The Hall–Kier alpha value is -2.77. The Morgan fingerprint density at radius 3 is 2.70 bits per heavy atom. The highest BCUT2D eigenvalue weighted by molar-refractivity contribution is 5.80. The first-order chi connectivity index (χ1) is 10.8. The van der Waals surface area contributed by atoms with Crippen LogP contribution in [-0.4, -0.2) is 26.4 Å². The molecule has 1 N–H and O–H groups in total. The summed E-state index contributed by atoms with van der Waals surface area (Å²) in [6, 6.07) is 3.83. The number of fused-ring (bicyclic) bond motifs is 1. The van der Waals surface area contributed by atoms with Gasteiger partial charge in [-0.2, -0.15) is 0 Å². The van der Waals surface area contributed by atoms with E-state index in [1.807, 2.05) is 20.8 Å². The van der Waals surface area contributed by atoms with Crippen molar-refractivity contribution in [1.29, 1.82) is 0 Å². The molecule has 0 spiro atoms. The van der Waals surface area contributed by atoms with Crippen molar-refractivity contribution in [2.45, 2.75) is 33.4 Å². The lowest BCUT2D eigenvalue weighted by Gasteiger charge is -2.17. The SMILES string of the molecule is CC(C)[C@H](C)NC(=O)Cn1cnc2cc([N+](=O)[O-])ccc2c1=O. The number of non-ortho nitro benzene ring substituents is 1. The predicted molar refractivity (Wildman–Crippen MR) is 85.1 cm³/mol. The molecule has 0 aliphatic carbocycles. The van der Waals surface area contributed by atoms with Gasteiger partial charge in [-0.25, -0.2) is 4.98 Å². The molecular formula is C15H18N4O4. The number of nitrogens with one attached hydrogen (secondary N) is 1. The number of hydrogen-bond acceptors (Lipinski definition) is 5. The number of rotatable bonds is 5. The molecule has 122 valence electrons. The number of hydrogen-bond donors (Lipinski definition) is 1. The first-order valence-electron chi connectivity index (χ1n) is 7.22. The Bertz CT molecular complexity index is 813. The minimum absolute atomic E-state index is 0.00531. The number of carbonyl (C=O) groups excluding carboxylic acids is 1. The van der Waals surface area contributed by atoms with Crippen LogP contribution in [0.3, 0.4) is 0 Å². The van der Waals surface area contributed by atoms with Gasteiger partial charge in [0.2, 0.25) is 5.91 Å². The maximum Gasteiger partial charge on any atom is 0.271 e. The van der Waals surface area contributed by atoms with E-state index in [0.717, 1.165) is 0 Å². The minimum atomic E-state index is -0.548. The largest absolute Gasteiger partial charge is 0.352 e. The molecule has 1 amide bonds. The number of amides is 1. The topological polar surface area (TPSA) is 107 Å². The number of benzene rings is 1. The summed E-state index contributed by atoms with van der Waals surface area (Å²) in [5, 5.41) is 13.8. The molecule has 1 atom stereocenters. The zero-order valence-corrected chi connectivity index (χ0v) is 13.1. The smallest absolute Gasteiger partial charge is 0.271 e. The third-order valence-electron chi connectivity index (χ3n) is 3.72. The number of nitrogens with zero attached hydrogens (tertiary/aromatic N) is 3. The molecule has 1 heterocycles. The summed E-state index contributed by atoms with van der Waals surface area (Å²) in [6.07, 6.45) is 1.23. The van der Waals surface area contributed by atoms with E-state index in [1.165, 1.54) is 29.1 Å². The van der Waals surface area contributed by atoms with Gasteiger partial charge in [0.1, 0.15) is 6.54 Å². The van der Waals surface area contributed by atoms with E-state index in [4.69, 9.17) is 0 Å². The summed E-state index contributed by atoms with van der Waals surface area (Å²) >= 11 is 0. The molecule has 2 aromatic rings. The quantitative estimate of drug-likeness (QED) is 0.663. The molecule has 0 radical (unpaired) electrons. The van der Waals surface area contributed by atoms with E-state index < -0.39 is 10.5 Å². The summed E-state index contributed by atoms with van der Waals surface area (Å²) < 4.78 is 1.19. The van der Waals surface area contributed by atoms with Crippen molar-refractivity contribution in [3.8, 4) is 0 Å². The van der Waals surface area contributed by atoms with Crippen LogP contribution in [0, 0.1) is 16.0 Å². The fourth-order valence-electron chi connectivity index (χ4n) is 1.99. The molecule has 0 aliphatic rings. The summed E-state index contributed by atoms with van der Waals surface area (Å²) in [7, 11) is 0. The van der Waals surface area contributed by atoms with Crippen LogP contribution >= 0.6 is 0 Å². The van der Waals surface area contributed by atoms with Gasteiger partial charge in [-0.3, -0.25) is 24.3 Å². The molecule has 2 rings (SSSR count). The second-order valence-electron chi connectivity index (χ2n) is 5.74. The van der Waals surface area contributed by atoms with Crippen LogP contribution < -0.4 is 10.9 Å². The van der Waals surface area contributed by atoms with Gasteiger partial charge < -0.3 is 5.32 Å². The monoisotopic (exact) mass is 318 g/mol. The van der Waals surface area contributed by atoms with Gasteiger partial charge in [-0.1, -0.05) is 13.8 Å². The standard InChI is InChI=1S/C15H18N4O4/c1-9(2)10(3)17-14(20)7-18-8-16-13-6-11(19(22)23)4-5-12(13)15(18)21/h4-6,8-10H,7H2,1-3H3,(H,17,20)/t10-/m0/s1. The normalized spacial score (nSPS) is 12.3. The lowest BCUT2D eigenvalue weighted by molar-refractivity contribution is -0.384. The van der Waals surface area contributed by atoms with Gasteiger partial charge in [0.25, 0.3) is 11.2 Å². The Morgan fingerprint density at radius 2 is 2.09 bits per heavy atom. The first-order valence-corrected chi connectivity index (χ1v) is 7.22. The van der Waals surface area contributed by atoms with Gasteiger partial charge in [0.05, 0.1) is 22.2 Å². The highest BCUT2D eigenvalue weighted by Crippen LogP contribution is 2.16. The highest BCUT2D eigenvalue weighted by atomic mass is 16.6.